The van der Waals surface area contributed by atoms with Crippen LogP contribution in [-0.2, 0) is 14.3 Å². The Morgan fingerprint density at radius 3 is 2.49 bits per heavy atom. The Balaban J connectivity index is 1.21. The van der Waals surface area contributed by atoms with Crippen LogP contribution in [-0.4, -0.2) is 106 Å². The summed E-state index contributed by atoms with van der Waals surface area (Å²) in [5, 5.41) is 6.82. The van der Waals surface area contributed by atoms with Gasteiger partial charge in [0.05, 0.1) is 31.6 Å². The lowest BCUT2D eigenvalue weighted by molar-refractivity contribution is -0.143. The highest BCUT2D eigenvalue weighted by Gasteiger charge is 2.54. The molecule has 0 radical (unpaired) electrons. The Morgan fingerprint density at radius 1 is 0.973 bits per heavy atom. The Labute approximate surface area is 214 Å². The molecule has 1 aromatic carbocycles. The van der Waals surface area contributed by atoms with E-state index in [1.54, 1.807) is 33.0 Å². The molecule has 2 aromatic heterocycles. The fourth-order valence-corrected chi connectivity index (χ4v) is 5.59. The van der Waals surface area contributed by atoms with Crippen molar-refractivity contribution in [3.8, 4) is 0 Å². The van der Waals surface area contributed by atoms with Gasteiger partial charge in [0.25, 0.3) is 11.8 Å². The fraction of sp³-hybridized carbons (Fsp3) is 0.423. The summed E-state index contributed by atoms with van der Waals surface area (Å²) in [4.78, 5) is 51.9. The number of nitrogens with one attached hydrogen (secondary N) is 1. The fourth-order valence-electron chi connectivity index (χ4n) is 5.59. The minimum absolute atomic E-state index is 0.0429. The molecule has 11 nitrogen and oxygen atoms in total. The molecule has 3 fully saturated rings. The standard InChI is InChI=1S/C26H29N7O4/c34-23(30-12-14-37-15-13-30)17-32-18-33(19-4-2-1-3-5-19)26(25(32)36)8-10-31(11-9-26)24(35)21-7-6-20-22(28-21)16-27-29-20/h1-7,16H,8-15,17-18H2,(H,27,29). The van der Waals surface area contributed by atoms with E-state index in [1.807, 2.05) is 30.3 Å². The summed E-state index contributed by atoms with van der Waals surface area (Å²) in [7, 11) is 0. The maximum atomic E-state index is 13.9. The first kappa shape index (κ1) is 23.4. The van der Waals surface area contributed by atoms with Gasteiger partial charge in [-0.3, -0.25) is 19.5 Å². The van der Waals surface area contributed by atoms with Crippen LogP contribution in [0.1, 0.15) is 23.3 Å². The largest absolute Gasteiger partial charge is 0.378 e. The second-order valence-electron chi connectivity index (χ2n) is 9.72. The lowest BCUT2D eigenvalue weighted by Crippen LogP contribution is -2.57. The van der Waals surface area contributed by atoms with E-state index in [-0.39, 0.29) is 24.3 Å². The number of benzene rings is 1. The number of aromatic amines is 1. The molecule has 11 heteroatoms. The van der Waals surface area contributed by atoms with E-state index < -0.39 is 5.54 Å². The second-order valence-corrected chi connectivity index (χ2v) is 9.72. The normalized spacial score (nSPS) is 19.7. The van der Waals surface area contributed by atoms with Crippen molar-refractivity contribution in [1.29, 1.82) is 0 Å². The number of ether oxygens (including phenoxy) is 1. The number of likely N-dealkylation sites (tertiary alicyclic amines) is 1. The van der Waals surface area contributed by atoms with Crippen molar-refractivity contribution in [1.82, 2.24) is 29.9 Å². The van der Waals surface area contributed by atoms with Crippen molar-refractivity contribution < 1.29 is 19.1 Å². The molecule has 5 heterocycles. The smallest absolute Gasteiger partial charge is 0.272 e. The van der Waals surface area contributed by atoms with Gasteiger partial charge in [0.2, 0.25) is 5.91 Å². The van der Waals surface area contributed by atoms with Crippen molar-refractivity contribution in [3.63, 3.8) is 0 Å². The van der Waals surface area contributed by atoms with Crippen LogP contribution in [0.15, 0.2) is 48.7 Å². The number of carbonyl (C=O) groups excluding carboxylic acids is 3. The van der Waals surface area contributed by atoms with Crippen LogP contribution in [0.2, 0.25) is 0 Å². The number of hydrogen-bond acceptors (Lipinski definition) is 7. The average molecular weight is 504 g/mol. The highest BCUT2D eigenvalue weighted by atomic mass is 16.5. The predicted molar refractivity (Wildman–Crippen MR) is 135 cm³/mol. The van der Waals surface area contributed by atoms with Crippen molar-refractivity contribution >= 4 is 34.4 Å². The molecule has 0 unspecified atom stereocenters. The molecule has 6 rings (SSSR count). The van der Waals surface area contributed by atoms with E-state index in [0.717, 1.165) is 11.2 Å². The maximum absolute atomic E-state index is 13.9. The molecular weight excluding hydrogens is 474 g/mol. The first-order valence-corrected chi connectivity index (χ1v) is 12.6. The van der Waals surface area contributed by atoms with Crippen LogP contribution < -0.4 is 4.90 Å². The van der Waals surface area contributed by atoms with Gasteiger partial charge in [-0.25, -0.2) is 4.98 Å². The number of amides is 3. The number of hydrogen-bond donors (Lipinski definition) is 1. The minimum atomic E-state index is -0.800. The highest BCUT2D eigenvalue weighted by Crippen LogP contribution is 2.39. The molecule has 3 aliphatic rings. The van der Waals surface area contributed by atoms with Crippen LogP contribution in [0.5, 0.6) is 0 Å². The summed E-state index contributed by atoms with van der Waals surface area (Å²) in [6, 6.07) is 13.3. The zero-order valence-electron chi connectivity index (χ0n) is 20.5. The summed E-state index contributed by atoms with van der Waals surface area (Å²) in [6.07, 6.45) is 2.55. The number of fused-ring (bicyclic) bond motifs is 1. The summed E-state index contributed by atoms with van der Waals surface area (Å²) in [6.45, 7) is 3.35. The number of piperidine rings is 1. The second kappa shape index (κ2) is 9.47. The lowest BCUT2D eigenvalue weighted by Gasteiger charge is -2.43. The zero-order chi connectivity index (χ0) is 25.4. The molecule has 3 aromatic rings. The van der Waals surface area contributed by atoms with Gasteiger partial charge in [-0.1, -0.05) is 18.2 Å². The molecule has 3 aliphatic heterocycles. The van der Waals surface area contributed by atoms with Gasteiger partial charge in [-0.05, 0) is 37.1 Å². The molecule has 0 bridgehead atoms. The third kappa shape index (κ3) is 4.18. The van der Waals surface area contributed by atoms with Gasteiger partial charge in [-0.2, -0.15) is 5.10 Å². The van der Waals surface area contributed by atoms with E-state index in [1.165, 1.54) is 0 Å². The highest BCUT2D eigenvalue weighted by molar-refractivity contribution is 5.97. The average Bonchev–Trinajstić information content (AvgIpc) is 3.52. The first-order chi connectivity index (χ1) is 18.0. The van der Waals surface area contributed by atoms with E-state index in [2.05, 4.69) is 20.1 Å². The van der Waals surface area contributed by atoms with Crippen molar-refractivity contribution in [2.24, 2.45) is 0 Å². The maximum Gasteiger partial charge on any atom is 0.272 e. The molecule has 0 saturated carbocycles. The van der Waals surface area contributed by atoms with Crippen molar-refractivity contribution in [2.45, 2.75) is 18.4 Å². The molecule has 192 valence electrons. The van der Waals surface area contributed by atoms with Gasteiger partial charge in [0.1, 0.15) is 23.3 Å². The number of nitrogens with zero attached hydrogens (tertiary/aromatic N) is 6. The quantitative estimate of drug-likeness (QED) is 0.567. The molecule has 1 spiro atoms. The van der Waals surface area contributed by atoms with Gasteiger partial charge in [0.15, 0.2) is 0 Å². The summed E-state index contributed by atoms with van der Waals surface area (Å²) >= 11 is 0. The van der Waals surface area contributed by atoms with Gasteiger partial charge in [0, 0.05) is 31.9 Å². The van der Waals surface area contributed by atoms with Crippen molar-refractivity contribution in [3.05, 3.63) is 54.4 Å². The third-order valence-electron chi connectivity index (χ3n) is 7.67. The van der Waals surface area contributed by atoms with Crippen LogP contribution in [0.25, 0.3) is 11.0 Å². The van der Waals surface area contributed by atoms with Crippen molar-refractivity contribution in [2.75, 3.05) is 57.5 Å². The van der Waals surface area contributed by atoms with Gasteiger partial charge < -0.3 is 24.3 Å². The molecule has 37 heavy (non-hydrogen) atoms. The topological polar surface area (TPSA) is 115 Å². The zero-order valence-corrected chi connectivity index (χ0v) is 20.5. The number of para-hydroxylation sites is 1. The van der Waals surface area contributed by atoms with Crippen LogP contribution in [0.3, 0.4) is 0 Å². The summed E-state index contributed by atoms with van der Waals surface area (Å²) in [5.41, 5.74) is 1.91. The lowest BCUT2D eigenvalue weighted by atomic mass is 9.85. The molecule has 3 amide bonds. The molecule has 0 atom stereocenters. The summed E-state index contributed by atoms with van der Waals surface area (Å²) in [5.74, 6) is -0.271. The SMILES string of the molecule is O=C(CN1CN(c2ccccc2)C2(CCN(C(=O)c3ccc4[nH]ncc4n3)CC2)C1=O)N1CCOCC1. The number of morpholine rings is 1. The molecular formula is C26H29N7O4. The summed E-state index contributed by atoms with van der Waals surface area (Å²) < 4.78 is 5.36. The van der Waals surface area contributed by atoms with Crippen LogP contribution in [0, 0.1) is 0 Å². The number of pyridine rings is 1. The Bertz CT molecular complexity index is 1310. The van der Waals surface area contributed by atoms with Crippen LogP contribution >= 0.6 is 0 Å². The minimum Gasteiger partial charge on any atom is -0.378 e. The predicted octanol–water partition coefficient (Wildman–Crippen LogP) is 1.10. The number of anilines is 1. The van der Waals surface area contributed by atoms with E-state index >= 15 is 0 Å². The first-order valence-electron chi connectivity index (χ1n) is 12.6. The third-order valence-corrected chi connectivity index (χ3v) is 7.67. The van der Waals surface area contributed by atoms with E-state index in [4.69, 9.17) is 4.74 Å². The van der Waals surface area contributed by atoms with E-state index in [0.29, 0.717) is 70.1 Å². The number of H-pyrrole nitrogens is 1. The molecule has 3 saturated heterocycles. The Morgan fingerprint density at radius 2 is 1.73 bits per heavy atom. The number of rotatable bonds is 4. The number of carbonyl (C=O) groups is 3. The number of aromatic nitrogens is 3. The van der Waals surface area contributed by atoms with Gasteiger partial charge >= 0.3 is 0 Å². The van der Waals surface area contributed by atoms with E-state index in [9.17, 15) is 14.4 Å². The monoisotopic (exact) mass is 503 g/mol. The Kier molecular flexibility index (Phi) is 5.99. The van der Waals surface area contributed by atoms with Gasteiger partial charge in [-0.15, -0.1) is 0 Å². The molecule has 0 aliphatic carbocycles. The van der Waals surface area contributed by atoms with Crippen LogP contribution in [0.4, 0.5) is 5.69 Å². The Hall–Kier alpha value is -3.99. The molecule has 1 N–H and O–H groups in total.